The Hall–Kier alpha value is -2.01. The topological polar surface area (TPSA) is 60.9 Å². The van der Waals surface area contributed by atoms with E-state index in [0.717, 1.165) is 39.5 Å². The molecule has 4 rings (SSSR count). The van der Waals surface area contributed by atoms with Crippen molar-refractivity contribution in [3.8, 4) is 0 Å². The van der Waals surface area contributed by atoms with Crippen molar-refractivity contribution < 1.29 is 22.0 Å². The zero-order valence-electron chi connectivity index (χ0n) is 17.7. The highest BCUT2D eigenvalue weighted by Crippen LogP contribution is 2.37. The number of carbonyl (C=O) groups excluding carboxylic acids is 1. The first-order chi connectivity index (χ1) is 15.3. The second kappa shape index (κ2) is 9.46. The minimum atomic E-state index is -4.29. The van der Waals surface area contributed by atoms with Crippen molar-refractivity contribution in [3.05, 3.63) is 54.1 Å². The largest absolute Gasteiger partial charge is 0.310 e. The highest BCUT2D eigenvalue weighted by Gasteiger charge is 2.34. The summed E-state index contributed by atoms with van der Waals surface area (Å²) in [6.07, 6.45) is 0.880. The van der Waals surface area contributed by atoms with Gasteiger partial charge in [-0.2, -0.15) is 4.31 Å². The van der Waals surface area contributed by atoms with Gasteiger partial charge in [-0.1, -0.05) is 25.1 Å². The molecule has 1 fully saturated rings. The van der Waals surface area contributed by atoms with Gasteiger partial charge in [0, 0.05) is 42.9 Å². The zero-order chi connectivity index (χ0) is 22.9. The average molecular weight is 482 g/mol. The quantitative estimate of drug-likeness (QED) is 0.671. The summed E-state index contributed by atoms with van der Waals surface area (Å²) in [7, 11) is -4.29. The van der Waals surface area contributed by atoms with E-state index in [2.05, 4.69) is 6.92 Å². The number of nitrogens with zero attached hydrogens (tertiary/aromatic N) is 3. The van der Waals surface area contributed by atoms with Crippen LogP contribution in [-0.2, 0) is 14.8 Å². The number of fused-ring (bicyclic) bond motifs is 1. The number of para-hydroxylation sites is 1. The molecule has 2 aromatic carbocycles. The lowest BCUT2D eigenvalue weighted by Crippen LogP contribution is -2.51. The molecule has 0 N–H and O–H groups in total. The van der Waals surface area contributed by atoms with E-state index in [9.17, 15) is 22.0 Å². The van der Waals surface area contributed by atoms with E-state index in [4.69, 9.17) is 0 Å². The summed E-state index contributed by atoms with van der Waals surface area (Å²) >= 11 is 1.76. The molecule has 0 saturated carbocycles. The molecule has 32 heavy (non-hydrogen) atoms. The number of amides is 1. The number of piperazine rings is 1. The molecule has 2 aliphatic heterocycles. The van der Waals surface area contributed by atoms with Gasteiger partial charge in [-0.05, 0) is 30.7 Å². The molecular formula is C22H25F2N3O3S2. The standard InChI is InChI=1S/C22H25F2N3O3S2/c1-16-9-10-27(19-7-2-3-8-20(19)31-16)21(28)15-25-11-13-26(14-12-25)32(29,30)22-17(23)5-4-6-18(22)24/h2-8,16H,9-15H2,1H3. The summed E-state index contributed by atoms with van der Waals surface area (Å²) in [5.41, 5.74) is 0.906. The third kappa shape index (κ3) is 4.68. The molecule has 1 unspecified atom stereocenters. The Balaban J connectivity index is 1.42. The maximum absolute atomic E-state index is 14.0. The Morgan fingerprint density at radius 3 is 2.34 bits per heavy atom. The van der Waals surface area contributed by atoms with Crippen LogP contribution in [0.2, 0.25) is 0 Å². The van der Waals surface area contributed by atoms with Crippen molar-refractivity contribution >= 4 is 33.4 Å². The number of halogens is 2. The summed E-state index contributed by atoms with van der Waals surface area (Å²) in [6.45, 7) is 3.68. The lowest BCUT2D eigenvalue weighted by atomic mass is 10.2. The summed E-state index contributed by atoms with van der Waals surface area (Å²) in [5.74, 6) is -2.24. The predicted octanol–water partition coefficient (Wildman–Crippen LogP) is 3.19. The molecule has 0 radical (unpaired) electrons. The molecule has 1 amide bonds. The molecule has 0 aromatic heterocycles. The van der Waals surface area contributed by atoms with Crippen molar-refractivity contribution in [1.29, 1.82) is 0 Å². The number of thioether (sulfide) groups is 1. The molecule has 2 aliphatic rings. The number of rotatable bonds is 4. The normalized spacial score (nSPS) is 20.6. The van der Waals surface area contributed by atoms with Crippen LogP contribution in [-0.4, -0.2) is 68.0 Å². The van der Waals surface area contributed by atoms with Crippen molar-refractivity contribution in [2.75, 3.05) is 44.2 Å². The van der Waals surface area contributed by atoms with E-state index >= 15 is 0 Å². The molecule has 1 saturated heterocycles. The fourth-order valence-electron chi connectivity index (χ4n) is 4.01. The molecule has 172 valence electrons. The van der Waals surface area contributed by atoms with Crippen LogP contribution in [0.5, 0.6) is 0 Å². The van der Waals surface area contributed by atoms with Crippen LogP contribution in [0.3, 0.4) is 0 Å². The van der Waals surface area contributed by atoms with Gasteiger partial charge < -0.3 is 4.90 Å². The molecule has 0 bridgehead atoms. The first kappa shape index (κ1) is 23.2. The van der Waals surface area contributed by atoms with Crippen LogP contribution in [0.15, 0.2) is 52.3 Å². The predicted molar refractivity (Wildman–Crippen MR) is 120 cm³/mol. The minimum absolute atomic E-state index is 0.0383. The third-order valence-corrected chi connectivity index (χ3v) is 8.94. The number of carbonyl (C=O) groups is 1. The average Bonchev–Trinajstić information content (AvgIpc) is 2.92. The van der Waals surface area contributed by atoms with Crippen LogP contribution in [0.4, 0.5) is 14.5 Å². The Bertz CT molecular complexity index is 1090. The van der Waals surface area contributed by atoms with Crippen LogP contribution < -0.4 is 4.90 Å². The van der Waals surface area contributed by atoms with Crippen molar-refractivity contribution in [2.24, 2.45) is 0 Å². The van der Waals surface area contributed by atoms with Gasteiger partial charge in [0.05, 0.1) is 12.2 Å². The molecule has 0 aliphatic carbocycles. The maximum Gasteiger partial charge on any atom is 0.249 e. The Labute approximate surface area is 191 Å². The molecule has 6 nitrogen and oxygen atoms in total. The first-order valence-corrected chi connectivity index (χ1v) is 12.8. The highest BCUT2D eigenvalue weighted by molar-refractivity contribution is 8.00. The molecule has 1 atom stereocenters. The molecular weight excluding hydrogens is 456 g/mol. The first-order valence-electron chi connectivity index (χ1n) is 10.5. The smallest absolute Gasteiger partial charge is 0.249 e. The summed E-state index contributed by atoms with van der Waals surface area (Å²) < 4.78 is 54.7. The van der Waals surface area contributed by atoms with Gasteiger partial charge in [0.1, 0.15) is 11.6 Å². The van der Waals surface area contributed by atoms with Crippen molar-refractivity contribution in [2.45, 2.75) is 28.4 Å². The van der Waals surface area contributed by atoms with Gasteiger partial charge >= 0.3 is 0 Å². The van der Waals surface area contributed by atoms with Gasteiger partial charge in [0.15, 0.2) is 4.90 Å². The van der Waals surface area contributed by atoms with Crippen LogP contribution in [0.25, 0.3) is 0 Å². The lowest BCUT2D eigenvalue weighted by molar-refractivity contribution is -0.120. The minimum Gasteiger partial charge on any atom is -0.310 e. The number of hydrogen-bond donors (Lipinski definition) is 0. The van der Waals surface area contributed by atoms with E-state index in [1.165, 1.54) is 0 Å². The van der Waals surface area contributed by atoms with Crippen molar-refractivity contribution in [3.63, 3.8) is 0 Å². The van der Waals surface area contributed by atoms with Gasteiger partial charge in [-0.3, -0.25) is 9.69 Å². The van der Waals surface area contributed by atoms with E-state index in [0.29, 0.717) is 24.9 Å². The number of hydrogen-bond acceptors (Lipinski definition) is 5. The number of benzene rings is 2. The Morgan fingerprint density at radius 1 is 1.00 bits per heavy atom. The van der Waals surface area contributed by atoms with E-state index in [1.807, 2.05) is 34.1 Å². The van der Waals surface area contributed by atoms with Gasteiger partial charge in [0.2, 0.25) is 15.9 Å². The summed E-state index contributed by atoms with van der Waals surface area (Å²) in [5, 5.41) is 0.404. The van der Waals surface area contributed by atoms with Gasteiger partial charge in [-0.15, -0.1) is 11.8 Å². The Morgan fingerprint density at radius 2 is 1.66 bits per heavy atom. The summed E-state index contributed by atoms with van der Waals surface area (Å²) in [4.78, 5) is 17.0. The SMILES string of the molecule is CC1CCN(C(=O)CN2CCN(S(=O)(=O)c3c(F)cccc3F)CC2)c2ccccc2S1. The number of anilines is 1. The fourth-order valence-corrected chi connectivity index (χ4v) is 6.65. The van der Waals surface area contributed by atoms with Gasteiger partial charge in [-0.25, -0.2) is 17.2 Å². The highest BCUT2D eigenvalue weighted by atomic mass is 32.2. The van der Waals surface area contributed by atoms with E-state index in [1.54, 1.807) is 11.8 Å². The fraction of sp³-hybridized carbons (Fsp3) is 0.409. The van der Waals surface area contributed by atoms with Crippen LogP contribution >= 0.6 is 11.8 Å². The van der Waals surface area contributed by atoms with E-state index in [-0.39, 0.29) is 25.5 Å². The van der Waals surface area contributed by atoms with Crippen molar-refractivity contribution in [1.82, 2.24) is 9.21 Å². The monoisotopic (exact) mass is 481 g/mol. The van der Waals surface area contributed by atoms with E-state index < -0.39 is 26.6 Å². The Kier molecular flexibility index (Phi) is 6.85. The maximum atomic E-state index is 14.0. The second-order valence-electron chi connectivity index (χ2n) is 7.96. The van der Waals surface area contributed by atoms with Crippen LogP contribution in [0.1, 0.15) is 13.3 Å². The second-order valence-corrected chi connectivity index (χ2v) is 11.3. The van der Waals surface area contributed by atoms with Gasteiger partial charge in [0.25, 0.3) is 0 Å². The lowest BCUT2D eigenvalue weighted by Gasteiger charge is -2.34. The molecule has 10 heteroatoms. The number of sulfonamides is 1. The van der Waals surface area contributed by atoms with Crippen LogP contribution in [0, 0.1) is 11.6 Å². The third-order valence-electron chi connectivity index (χ3n) is 5.75. The zero-order valence-corrected chi connectivity index (χ0v) is 19.3. The summed E-state index contributed by atoms with van der Waals surface area (Å²) in [6, 6.07) is 10.9. The molecule has 0 spiro atoms. The molecule has 2 heterocycles. The molecule has 2 aromatic rings.